The van der Waals surface area contributed by atoms with Crippen molar-refractivity contribution in [2.75, 3.05) is 38.1 Å². The van der Waals surface area contributed by atoms with Gasteiger partial charge in [-0.1, -0.05) is 0 Å². The van der Waals surface area contributed by atoms with E-state index in [9.17, 15) is 22.8 Å². The Bertz CT molecular complexity index is 582. The van der Waals surface area contributed by atoms with Gasteiger partial charge in [-0.15, -0.1) is 0 Å². The van der Waals surface area contributed by atoms with Crippen LogP contribution in [0.4, 0.5) is 18.9 Å². The summed E-state index contributed by atoms with van der Waals surface area (Å²) < 4.78 is 40.9. The molecule has 1 fully saturated rings. The van der Waals surface area contributed by atoms with Crippen molar-refractivity contribution in [3.05, 3.63) is 24.5 Å². The molecule has 2 heterocycles. The zero-order valence-corrected chi connectivity index (χ0v) is 12.9. The summed E-state index contributed by atoms with van der Waals surface area (Å²) in [6.07, 6.45) is -3.48. The molecule has 24 heavy (non-hydrogen) atoms. The zero-order valence-electron chi connectivity index (χ0n) is 12.9. The second kappa shape index (κ2) is 7.47. The number of nitrogens with zero attached hydrogens (tertiary/aromatic N) is 3. The van der Waals surface area contributed by atoms with E-state index >= 15 is 0 Å². The standard InChI is InChI=1S/C14H17F3N4O3/c1-20(10-2-4-18-5-3-10)8-9-21-7-6-19-11(12(21)22)24-13(23)14(15,16)17/h2-5,11,19H,6-9H2,1H3. The number of ether oxygens (including phenoxy) is 1. The number of nitrogens with one attached hydrogen (secondary N) is 1. The van der Waals surface area contributed by atoms with Gasteiger partial charge in [-0.2, -0.15) is 13.2 Å². The second-order valence-electron chi connectivity index (χ2n) is 5.19. The lowest BCUT2D eigenvalue weighted by atomic mass is 10.3. The lowest BCUT2D eigenvalue weighted by molar-refractivity contribution is -0.208. The van der Waals surface area contributed by atoms with Gasteiger partial charge in [0.05, 0.1) is 0 Å². The molecule has 0 bridgehead atoms. The van der Waals surface area contributed by atoms with Gasteiger partial charge in [0, 0.05) is 51.3 Å². The predicted molar refractivity (Wildman–Crippen MR) is 78.0 cm³/mol. The van der Waals surface area contributed by atoms with E-state index in [4.69, 9.17) is 0 Å². The number of likely N-dealkylation sites (N-methyl/N-ethyl adjacent to an activating group) is 1. The van der Waals surface area contributed by atoms with E-state index in [0.717, 1.165) is 5.69 Å². The Morgan fingerprint density at radius 3 is 2.75 bits per heavy atom. The number of alkyl halides is 3. The SMILES string of the molecule is CN(CCN1CCNC(OC(=O)C(F)(F)F)C1=O)c1ccncc1. The first-order valence-electron chi connectivity index (χ1n) is 7.20. The Labute approximate surface area is 136 Å². The van der Waals surface area contributed by atoms with Crippen molar-refractivity contribution >= 4 is 17.6 Å². The average Bonchev–Trinajstić information content (AvgIpc) is 2.55. The summed E-state index contributed by atoms with van der Waals surface area (Å²) in [6.45, 7) is 1.32. The Hall–Kier alpha value is -2.36. The van der Waals surface area contributed by atoms with Gasteiger partial charge in [0.2, 0.25) is 6.23 Å². The largest absolute Gasteiger partial charge is 0.490 e. The van der Waals surface area contributed by atoms with Gasteiger partial charge in [0.15, 0.2) is 0 Å². The predicted octanol–water partition coefficient (Wildman–Crippen LogP) is 0.381. The topological polar surface area (TPSA) is 74.8 Å². The van der Waals surface area contributed by atoms with Crippen LogP contribution >= 0.6 is 0 Å². The molecule has 7 nitrogen and oxygen atoms in total. The van der Waals surface area contributed by atoms with E-state index < -0.39 is 24.3 Å². The van der Waals surface area contributed by atoms with Crippen molar-refractivity contribution in [1.82, 2.24) is 15.2 Å². The summed E-state index contributed by atoms with van der Waals surface area (Å²) in [7, 11) is 1.82. The van der Waals surface area contributed by atoms with Crippen LogP contribution in [0.3, 0.4) is 0 Å². The quantitative estimate of drug-likeness (QED) is 0.777. The summed E-state index contributed by atoms with van der Waals surface area (Å²) in [5, 5.41) is 2.47. The maximum Gasteiger partial charge on any atom is 0.490 e. The minimum Gasteiger partial charge on any atom is -0.430 e. The number of carbonyl (C=O) groups excluding carboxylic acids is 2. The molecule has 132 valence electrons. The molecule has 2 rings (SSSR count). The fourth-order valence-electron chi connectivity index (χ4n) is 2.18. The van der Waals surface area contributed by atoms with Gasteiger partial charge in [0.25, 0.3) is 5.91 Å². The highest BCUT2D eigenvalue weighted by Gasteiger charge is 2.44. The smallest absolute Gasteiger partial charge is 0.430 e. The first-order valence-corrected chi connectivity index (χ1v) is 7.20. The van der Waals surface area contributed by atoms with E-state index in [1.165, 1.54) is 4.90 Å². The molecule has 0 aliphatic carbocycles. The lowest BCUT2D eigenvalue weighted by Crippen LogP contribution is -2.58. The molecule has 0 radical (unpaired) electrons. The van der Waals surface area contributed by atoms with Crippen molar-refractivity contribution in [2.24, 2.45) is 0 Å². The van der Waals surface area contributed by atoms with Crippen molar-refractivity contribution < 1.29 is 27.5 Å². The third kappa shape index (κ3) is 4.57. The van der Waals surface area contributed by atoms with Gasteiger partial charge in [-0.05, 0) is 12.1 Å². The van der Waals surface area contributed by atoms with Crippen LogP contribution in [0, 0.1) is 0 Å². The van der Waals surface area contributed by atoms with Crippen LogP contribution in [0.5, 0.6) is 0 Å². The van der Waals surface area contributed by atoms with Crippen molar-refractivity contribution in [3.8, 4) is 0 Å². The van der Waals surface area contributed by atoms with Crippen LogP contribution in [0.1, 0.15) is 0 Å². The van der Waals surface area contributed by atoms with Crippen LogP contribution in [0.15, 0.2) is 24.5 Å². The fourth-order valence-corrected chi connectivity index (χ4v) is 2.18. The normalized spacial score (nSPS) is 18.4. The summed E-state index contributed by atoms with van der Waals surface area (Å²) in [4.78, 5) is 30.1. The molecule has 1 aliphatic heterocycles. The zero-order chi connectivity index (χ0) is 17.7. The Balaban J connectivity index is 1.89. The highest BCUT2D eigenvalue weighted by molar-refractivity contribution is 5.85. The molecule has 0 saturated carbocycles. The van der Waals surface area contributed by atoms with Gasteiger partial charge >= 0.3 is 12.1 Å². The van der Waals surface area contributed by atoms with Crippen LogP contribution in [0.25, 0.3) is 0 Å². The maximum atomic E-state index is 12.2. The molecule has 1 aliphatic rings. The van der Waals surface area contributed by atoms with Crippen molar-refractivity contribution in [2.45, 2.75) is 12.4 Å². The molecule has 1 aromatic rings. The number of pyridine rings is 1. The Morgan fingerprint density at radius 2 is 2.12 bits per heavy atom. The minimum absolute atomic E-state index is 0.237. The molecule has 10 heteroatoms. The third-order valence-corrected chi connectivity index (χ3v) is 3.51. The Kier molecular flexibility index (Phi) is 5.60. The summed E-state index contributed by atoms with van der Waals surface area (Å²) in [5.74, 6) is -3.08. The van der Waals surface area contributed by atoms with Crippen molar-refractivity contribution in [1.29, 1.82) is 0 Å². The van der Waals surface area contributed by atoms with Crippen LogP contribution < -0.4 is 10.2 Å². The third-order valence-electron chi connectivity index (χ3n) is 3.51. The highest BCUT2D eigenvalue weighted by Crippen LogP contribution is 2.18. The monoisotopic (exact) mass is 346 g/mol. The highest BCUT2D eigenvalue weighted by atomic mass is 19.4. The average molecular weight is 346 g/mol. The molecular formula is C14H17F3N4O3. The number of hydrogen-bond acceptors (Lipinski definition) is 6. The number of aromatic nitrogens is 1. The number of carbonyl (C=O) groups is 2. The van der Waals surface area contributed by atoms with Gasteiger partial charge in [-0.3, -0.25) is 15.1 Å². The summed E-state index contributed by atoms with van der Waals surface area (Å²) in [5.41, 5.74) is 0.896. The molecule has 1 atom stereocenters. The molecular weight excluding hydrogens is 329 g/mol. The van der Waals surface area contributed by atoms with Crippen LogP contribution in [-0.4, -0.2) is 67.4 Å². The van der Waals surface area contributed by atoms with Crippen molar-refractivity contribution in [3.63, 3.8) is 0 Å². The molecule has 1 saturated heterocycles. The number of amides is 1. The second-order valence-corrected chi connectivity index (χ2v) is 5.19. The number of halogens is 3. The number of esters is 1. The first-order chi connectivity index (χ1) is 11.3. The first kappa shape index (κ1) is 18.0. The van der Waals surface area contributed by atoms with Gasteiger partial charge in [0.1, 0.15) is 0 Å². The maximum absolute atomic E-state index is 12.2. The van der Waals surface area contributed by atoms with E-state index in [0.29, 0.717) is 19.6 Å². The van der Waals surface area contributed by atoms with E-state index in [2.05, 4.69) is 15.0 Å². The van der Waals surface area contributed by atoms with Crippen LogP contribution in [0.2, 0.25) is 0 Å². The summed E-state index contributed by atoms with van der Waals surface area (Å²) in [6, 6.07) is 3.60. The minimum atomic E-state index is -5.13. The summed E-state index contributed by atoms with van der Waals surface area (Å²) >= 11 is 0. The molecule has 1 N–H and O–H groups in total. The lowest BCUT2D eigenvalue weighted by Gasteiger charge is -2.33. The number of anilines is 1. The molecule has 0 spiro atoms. The fraction of sp³-hybridized carbons (Fsp3) is 0.500. The van der Waals surface area contributed by atoms with Gasteiger partial charge < -0.3 is 14.5 Å². The molecule has 1 amide bonds. The number of rotatable bonds is 5. The Morgan fingerprint density at radius 1 is 1.46 bits per heavy atom. The van der Waals surface area contributed by atoms with E-state index in [1.54, 1.807) is 24.5 Å². The molecule has 1 unspecified atom stereocenters. The molecule has 1 aromatic heterocycles. The van der Waals surface area contributed by atoms with E-state index in [1.807, 2.05) is 11.9 Å². The number of piperazine rings is 1. The number of hydrogen-bond donors (Lipinski definition) is 1. The molecule has 0 aromatic carbocycles. The van der Waals surface area contributed by atoms with E-state index in [-0.39, 0.29) is 6.54 Å². The van der Waals surface area contributed by atoms with Crippen LogP contribution in [-0.2, 0) is 14.3 Å². The van der Waals surface area contributed by atoms with Gasteiger partial charge in [-0.25, -0.2) is 4.79 Å².